The summed E-state index contributed by atoms with van der Waals surface area (Å²) in [6.07, 6.45) is 18.7. The number of thiazole rings is 2. The van der Waals surface area contributed by atoms with Gasteiger partial charge in [-0.2, -0.15) is 0 Å². The predicted molar refractivity (Wildman–Crippen MR) is 276 cm³/mol. The number of amides is 1. The van der Waals surface area contributed by atoms with Gasteiger partial charge in [0.15, 0.2) is 0 Å². The summed E-state index contributed by atoms with van der Waals surface area (Å²) in [5.41, 5.74) is 0.325. The van der Waals surface area contributed by atoms with E-state index in [1.807, 2.05) is 65.8 Å². The van der Waals surface area contributed by atoms with Gasteiger partial charge in [0.25, 0.3) is 0 Å². The lowest BCUT2D eigenvalue weighted by molar-refractivity contribution is -0.150. The largest absolute Gasteiger partial charge is 0.466 e. The second-order valence-electron chi connectivity index (χ2n) is 20.6. The maximum absolute atomic E-state index is 12.8. The number of ether oxygens (including phenoxy) is 1. The van der Waals surface area contributed by atoms with Crippen molar-refractivity contribution in [2.75, 3.05) is 13.2 Å². The molecule has 0 aromatic carbocycles. The van der Waals surface area contributed by atoms with Gasteiger partial charge in [-0.3, -0.25) is 19.2 Å². The van der Waals surface area contributed by atoms with Gasteiger partial charge in [-0.15, -0.1) is 22.7 Å². The van der Waals surface area contributed by atoms with E-state index < -0.39 is 29.0 Å². The number of aromatic nitrogens is 2. The van der Waals surface area contributed by atoms with E-state index in [2.05, 4.69) is 53.7 Å². The Balaban J connectivity index is 0.000000481. The number of esters is 1. The molecule has 2 aliphatic heterocycles. The van der Waals surface area contributed by atoms with Crippen LogP contribution in [0.15, 0.2) is 22.9 Å². The highest BCUT2D eigenvalue weighted by molar-refractivity contribution is 7.09. The molecule has 2 saturated heterocycles. The fraction of sp³-hybridized carbons (Fsp3) is 0.741. The van der Waals surface area contributed by atoms with Crippen molar-refractivity contribution in [3.05, 3.63) is 44.3 Å². The van der Waals surface area contributed by atoms with Crippen LogP contribution in [0.25, 0.3) is 12.2 Å². The topological polar surface area (TPSA) is 156 Å². The van der Waals surface area contributed by atoms with Crippen LogP contribution in [0, 0.1) is 60.2 Å². The average molecular weight is 958 g/mol. The molecule has 2 fully saturated rings. The van der Waals surface area contributed by atoms with Crippen LogP contribution in [0.3, 0.4) is 0 Å². The Hall–Kier alpha value is -3.06. The number of allylic oxidation sites excluding steroid dienone is 2. The van der Waals surface area contributed by atoms with Gasteiger partial charge in [-0.1, -0.05) is 120 Å². The third kappa shape index (κ3) is 24.3. The Labute approximate surface area is 408 Å². The molecule has 376 valence electrons. The molecule has 0 bridgehead atoms. The number of nitrogens with zero attached hydrogens (tertiary/aromatic N) is 2. The highest BCUT2D eigenvalue weighted by Crippen LogP contribution is 2.33. The van der Waals surface area contributed by atoms with Crippen LogP contribution in [-0.4, -0.2) is 69.0 Å². The van der Waals surface area contributed by atoms with E-state index in [0.29, 0.717) is 36.8 Å². The lowest BCUT2D eigenvalue weighted by Crippen LogP contribution is -2.43. The fourth-order valence-electron chi connectivity index (χ4n) is 8.70. The number of carbonyl (C=O) groups is 4. The van der Waals surface area contributed by atoms with Gasteiger partial charge in [-0.05, 0) is 102 Å². The lowest BCUT2D eigenvalue weighted by atomic mass is 9.74. The van der Waals surface area contributed by atoms with Crippen LogP contribution in [0.4, 0.5) is 0 Å². The van der Waals surface area contributed by atoms with Crippen molar-refractivity contribution in [2.24, 2.45) is 46.3 Å². The zero-order valence-electron chi connectivity index (χ0n) is 43.5. The highest BCUT2D eigenvalue weighted by atomic mass is 32.1. The quantitative estimate of drug-likeness (QED) is 0.249. The minimum Gasteiger partial charge on any atom is -0.466 e. The van der Waals surface area contributed by atoms with Crippen LogP contribution >= 0.6 is 22.7 Å². The summed E-state index contributed by atoms with van der Waals surface area (Å²) in [5.74, 6) is 1.66. The number of hydrogen-bond donors (Lipinski definition) is 3. The molecule has 10 nitrogen and oxygen atoms in total. The molecule has 0 saturated carbocycles. The van der Waals surface area contributed by atoms with E-state index in [4.69, 9.17) is 4.74 Å². The van der Waals surface area contributed by atoms with Crippen LogP contribution in [0.1, 0.15) is 194 Å². The summed E-state index contributed by atoms with van der Waals surface area (Å²) < 4.78 is 5.22. The summed E-state index contributed by atoms with van der Waals surface area (Å²) in [6.45, 7) is 28.9. The monoisotopic (exact) mass is 958 g/mol. The number of aliphatic hydroxyl groups is 2. The van der Waals surface area contributed by atoms with Crippen molar-refractivity contribution >= 4 is 58.3 Å². The number of carbonyl (C=O) groups excluding carboxylic acids is 4. The highest BCUT2D eigenvalue weighted by Gasteiger charge is 2.40. The van der Waals surface area contributed by atoms with E-state index in [0.717, 1.165) is 72.8 Å². The van der Waals surface area contributed by atoms with Crippen molar-refractivity contribution in [1.82, 2.24) is 15.3 Å². The zero-order valence-corrected chi connectivity index (χ0v) is 45.2. The van der Waals surface area contributed by atoms with Crippen LogP contribution < -0.4 is 5.32 Å². The molecule has 2 aromatic heterocycles. The molecule has 4 rings (SSSR count). The summed E-state index contributed by atoms with van der Waals surface area (Å²) >= 11 is 3.36. The number of aryl methyl sites for hydroxylation is 2. The Kier molecular flexibility index (Phi) is 29.4. The molecule has 2 aromatic rings. The van der Waals surface area contributed by atoms with Gasteiger partial charge in [-0.25, -0.2) is 9.97 Å². The predicted octanol–water partition coefficient (Wildman–Crippen LogP) is 12.8. The van der Waals surface area contributed by atoms with E-state index in [1.165, 1.54) is 25.7 Å². The molecule has 4 heterocycles. The van der Waals surface area contributed by atoms with Crippen molar-refractivity contribution < 1.29 is 34.1 Å². The zero-order chi connectivity index (χ0) is 50.0. The maximum atomic E-state index is 12.8. The van der Waals surface area contributed by atoms with Crippen LogP contribution in [-0.2, 0) is 23.9 Å². The Morgan fingerprint density at radius 1 is 0.621 bits per heavy atom. The number of nitrogens with one attached hydrogen (secondary N) is 1. The Bertz CT molecular complexity index is 1640. The standard InChI is InChI=1S/C20H37NO3.C20H36O4.2C7H9NS/c1-14-8-6-9-15(2)12-16(3)19(24)20(4,5)17(22)13-18(23)21-11-7-10-14;1-14-8-6-9-15(2)12-16(3)19(23)20(4,5)17(21)13-18(22)24-11-7-10-14;2*1-3-4-7-5-9-6(2)8-7/h14-17,22H,6-13H2,1-5H3,(H,21,23);14-17,21H,6-13H2,1-5H3;2*3-5H,1-2H3/b;;2*4-3-. The van der Waals surface area contributed by atoms with Gasteiger partial charge in [0, 0.05) is 29.1 Å². The Morgan fingerprint density at radius 3 is 1.42 bits per heavy atom. The molecule has 66 heavy (non-hydrogen) atoms. The summed E-state index contributed by atoms with van der Waals surface area (Å²) in [7, 11) is 0. The summed E-state index contributed by atoms with van der Waals surface area (Å²) in [5, 5.41) is 30.1. The maximum Gasteiger partial charge on any atom is 0.308 e. The van der Waals surface area contributed by atoms with Gasteiger partial charge >= 0.3 is 5.97 Å². The molecule has 8 atom stereocenters. The van der Waals surface area contributed by atoms with E-state index >= 15 is 0 Å². The molecule has 0 radical (unpaired) electrons. The summed E-state index contributed by atoms with van der Waals surface area (Å²) in [6, 6.07) is 0. The first kappa shape index (κ1) is 61.0. The molecule has 3 N–H and O–H groups in total. The van der Waals surface area contributed by atoms with Crippen LogP contribution in [0.2, 0.25) is 0 Å². The minimum atomic E-state index is -0.998. The van der Waals surface area contributed by atoms with E-state index in [1.54, 1.807) is 50.4 Å². The first-order valence-corrected chi connectivity index (χ1v) is 26.7. The smallest absolute Gasteiger partial charge is 0.308 e. The van der Waals surface area contributed by atoms with E-state index in [9.17, 15) is 29.4 Å². The van der Waals surface area contributed by atoms with Gasteiger partial charge in [0.05, 0.1) is 63.9 Å². The number of cyclic esters (lactones) is 1. The van der Waals surface area contributed by atoms with E-state index in [-0.39, 0.29) is 42.2 Å². The third-order valence-electron chi connectivity index (χ3n) is 13.1. The molecule has 2 aliphatic rings. The average Bonchev–Trinajstić information content (AvgIpc) is 3.86. The summed E-state index contributed by atoms with van der Waals surface area (Å²) in [4.78, 5) is 57.9. The first-order chi connectivity index (χ1) is 30.9. The molecule has 0 spiro atoms. The molecule has 1 amide bonds. The number of ketones is 2. The molecule has 12 heteroatoms. The second kappa shape index (κ2) is 31.9. The SMILES string of the molecule is C/C=C\c1csc(C)n1.C/C=C\c1csc(C)n1.CC1CCCNC(=O)CC(O)C(C)(C)C(=O)C(C)CC(C)CCC1.CC1CCCOC(=O)CC(O)C(C)(C)C(=O)C(C)CC(C)CCC1. The minimum absolute atomic E-state index is 0.00341. The number of hydrogen-bond acceptors (Lipinski definition) is 11. The van der Waals surface area contributed by atoms with Gasteiger partial charge < -0.3 is 20.3 Å². The van der Waals surface area contributed by atoms with Crippen molar-refractivity contribution in [2.45, 2.75) is 199 Å². The molecular weight excluding hydrogens is 867 g/mol. The number of Topliss-reactive ketones (excluding diaryl/α,β-unsaturated/α-hetero) is 2. The number of rotatable bonds is 2. The molecular formula is C54H91N3O7S2. The fourth-order valence-corrected chi connectivity index (χ4v) is 9.86. The van der Waals surface area contributed by atoms with Crippen molar-refractivity contribution in [3.63, 3.8) is 0 Å². The van der Waals surface area contributed by atoms with Crippen LogP contribution in [0.5, 0.6) is 0 Å². The number of aliphatic hydroxyl groups excluding tert-OH is 2. The van der Waals surface area contributed by atoms with Gasteiger partial charge in [0.1, 0.15) is 11.6 Å². The Morgan fingerprint density at radius 2 is 1.02 bits per heavy atom. The first-order valence-electron chi connectivity index (χ1n) is 24.9. The lowest BCUT2D eigenvalue weighted by Gasteiger charge is -2.32. The second-order valence-corrected chi connectivity index (χ2v) is 22.7. The molecule has 0 aliphatic carbocycles. The molecule has 8 unspecified atom stereocenters. The van der Waals surface area contributed by atoms with Crippen molar-refractivity contribution in [1.29, 1.82) is 0 Å². The normalized spacial score (nSPS) is 28.1. The van der Waals surface area contributed by atoms with Gasteiger partial charge in [0.2, 0.25) is 5.91 Å². The third-order valence-corrected chi connectivity index (χ3v) is 14.7. The van der Waals surface area contributed by atoms with Crippen molar-refractivity contribution in [3.8, 4) is 0 Å².